The molecule has 138 valence electrons. The van der Waals surface area contributed by atoms with E-state index in [0.29, 0.717) is 16.7 Å². The Bertz CT molecular complexity index is 997. The highest BCUT2D eigenvalue weighted by Crippen LogP contribution is 2.26. The van der Waals surface area contributed by atoms with E-state index in [1.54, 1.807) is 12.3 Å². The molecule has 5 N–H and O–H groups in total. The van der Waals surface area contributed by atoms with E-state index in [9.17, 15) is 4.79 Å². The van der Waals surface area contributed by atoms with Gasteiger partial charge in [-0.3, -0.25) is 15.6 Å². The molecule has 2 heterocycles. The summed E-state index contributed by atoms with van der Waals surface area (Å²) in [5, 5.41) is 3.70. The maximum Gasteiger partial charge on any atom is 0.271 e. The van der Waals surface area contributed by atoms with Crippen molar-refractivity contribution >= 4 is 52.3 Å². The third-order valence-corrected chi connectivity index (χ3v) is 4.15. The summed E-state index contributed by atoms with van der Waals surface area (Å²) in [5.74, 6) is 0.725. The lowest BCUT2D eigenvalue weighted by Gasteiger charge is -2.14. The topological polar surface area (TPSA) is 118 Å². The van der Waals surface area contributed by atoms with Gasteiger partial charge >= 0.3 is 0 Å². The van der Waals surface area contributed by atoms with Gasteiger partial charge in [-0.1, -0.05) is 29.3 Å². The van der Waals surface area contributed by atoms with Crippen molar-refractivity contribution in [1.29, 1.82) is 0 Å². The lowest BCUT2D eigenvalue weighted by atomic mass is 10.2. The minimum atomic E-state index is -0.468. The molecule has 1 aromatic carbocycles. The van der Waals surface area contributed by atoms with Crippen LogP contribution in [-0.4, -0.2) is 20.9 Å². The smallest absolute Gasteiger partial charge is 0.271 e. The first-order chi connectivity index (χ1) is 13.0. The van der Waals surface area contributed by atoms with Crippen LogP contribution in [0.2, 0.25) is 10.0 Å². The Labute approximate surface area is 165 Å². The largest absolute Gasteiger partial charge is 0.393 e. The molecule has 0 atom stereocenters. The monoisotopic (exact) mass is 403 g/mol. The van der Waals surface area contributed by atoms with Crippen LogP contribution in [0.4, 0.5) is 23.1 Å². The van der Waals surface area contributed by atoms with Crippen LogP contribution in [0.3, 0.4) is 0 Å². The van der Waals surface area contributed by atoms with Gasteiger partial charge in [0.05, 0.1) is 10.6 Å². The molecule has 0 radical (unpaired) electrons. The lowest BCUT2D eigenvalue weighted by Crippen LogP contribution is -2.30. The minimum absolute atomic E-state index is 0.213. The average molecular weight is 404 g/mol. The van der Waals surface area contributed by atoms with Crippen LogP contribution < -0.4 is 21.9 Å². The number of aromatic nitrogens is 3. The number of benzene rings is 1. The van der Waals surface area contributed by atoms with E-state index in [1.807, 2.05) is 19.1 Å². The first-order valence-corrected chi connectivity index (χ1v) is 8.52. The molecule has 27 heavy (non-hydrogen) atoms. The third-order valence-electron chi connectivity index (χ3n) is 3.60. The lowest BCUT2D eigenvalue weighted by molar-refractivity contribution is 0.0962. The van der Waals surface area contributed by atoms with Gasteiger partial charge in [-0.15, -0.1) is 0 Å². The Hall–Kier alpha value is -3.10. The SMILES string of the molecule is Cc1cccnc1Nc1ncnc(NNC(=O)c2ccc(Cl)cc2Cl)c1N. The Morgan fingerprint density at radius 2 is 1.85 bits per heavy atom. The number of hydrazine groups is 1. The van der Waals surface area contributed by atoms with Crippen LogP contribution in [0.1, 0.15) is 15.9 Å². The number of hydrogen-bond donors (Lipinski definition) is 4. The van der Waals surface area contributed by atoms with Crippen molar-refractivity contribution in [3.63, 3.8) is 0 Å². The van der Waals surface area contributed by atoms with Crippen molar-refractivity contribution in [3.8, 4) is 0 Å². The molecular formula is C17H15Cl2N7O. The number of aryl methyl sites for hydroxylation is 1. The zero-order valence-corrected chi connectivity index (χ0v) is 15.6. The van der Waals surface area contributed by atoms with Crippen molar-refractivity contribution in [3.05, 3.63) is 64.0 Å². The molecule has 2 aromatic heterocycles. The average Bonchev–Trinajstić information content (AvgIpc) is 2.64. The Morgan fingerprint density at radius 1 is 1.07 bits per heavy atom. The molecule has 0 fully saturated rings. The second-order valence-corrected chi connectivity index (χ2v) is 6.33. The van der Waals surface area contributed by atoms with E-state index in [-0.39, 0.29) is 22.1 Å². The Morgan fingerprint density at radius 3 is 2.59 bits per heavy atom. The predicted molar refractivity (Wildman–Crippen MR) is 106 cm³/mol. The van der Waals surface area contributed by atoms with Crippen molar-refractivity contribution in [1.82, 2.24) is 20.4 Å². The number of nitrogens with two attached hydrogens (primary N) is 1. The molecule has 10 heteroatoms. The van der Waals surface area contributed by atoms with Crippen molar-refractivity contribution in [2.45, 2.75) is 6.92 Å². The summed E-state index contributed by atoms with van der Waals surface area (Å²) in [7, 11) is 0. The van der Waals surface area contributed by atoms with E-state index >= 15 is 0 Å². The fraction of sp³-hybridized carbons (Fsp3) is 0.0588. The van der Waals surface area contributed by atoms with E-state index in [2.05, 4.69) is 31.1 Å². The van der Waals surface area contributed by atoms with E-state index in [4.69, 9.17) is 28.9 Å². The predicted octanol–water partition coefficient (Wildman–Crippen LogP) is 3.57. The van der Waals surface area contributed by atoms with Crippen LogP contribution in [0.15, 0.2) is 42.9 Å². The highest BCUT2D eigenvalue weighted by atomic mass is 35.5. The van der Waals surface area contributed by atoms with E-state index in [0.717, 1.165) is 5.56 Å². The molecule has 0 bridgehead atoms. The second-order valence-electron chi connectivity index (χ2n) is 5.48. The number of nitrogens with zero attached hydrogens (tertiary/aromatic N) is 3. The van der Waals surface area contributed by atoms with E-state index < -0.39 is 5.91 Å². The molecule has 0 spiro atoms. The summed E-state index contributed by atoms with van der Waals surface area (Å²) >= 11 is 11.9. The van der Waals surface area contributed by atoms with Gasteiger partial charge in [0.15, 0.2) is 11.6 Å². The summed E-state index contributed by atoms with van der Waals surface area (Å²) in [6.45, 7) is 1.90. The number of amides is 1. The Kier molecular flexibility index (Phi) is 5.58. The van der Waals surface area contributed by atoms with Crippen molar-refractivity contribution < 1.29 is 4.79 Å². The normalized spacial score (nSPS) is 10.3. The first-order valence-electron chi connectivity index (χ1n) is 7.76. The van der Waals surface area contributed by atoms with Gasteiger partial charge in [-0.25, -0.2) is 15.0 Å². The molecular weight excluding hydrogens is 389 g/mol. The molecule has 0 aliphatic rings. The highest BCUT2D eigenvalue weighted by Gasteiger charge is 2.13. The molecule has 0 aliphatic carbocycles. The molecule has 1 amide bonds. The summed E-state index contributed by atoms with van der Waals surface area (Å²) < 4.78 is 0. The van der Waals surface area contributed by atoms with Gasteiger partial charge in [-0.05, 0) is 36.8 Å². The summed E-state index contributed by atoms with van der Waals surface area (Å²) in [6, 6.07) is 8.30. The number of rotatable bonds is 5. The number of hydrogen-bond acceptors (Lipinski definition) is 7. The fourth-order valence-corrected chi connectivity index (χ4v) is 2.67. The number of carbonyl (C=O) groups excluding carboxylic acids is 1. The first kappa shape index (κ1) is 18.7. The van der Waals surface area contributed by atoms with Crippen LogP contribution in [0.25, 0.3) is 0 Å². The Balaban J connectivity index is 1.74. The number of halogens is 2. The van der Waals surface area contributed by atoms with Gasteiger partial charge in [0.2, 0.25) is 0 Å². The molecule has 3 rings (SSSR count). The standard InChI is InChI=1S/C17H15Cl2N7O/c1-9-3-2-6-21-14(9)24-15-13(20)16(23-8-22-15)25-26-17(27)11-5-4-10(18)7-12(11)19/h2-8H,20H2,1H3,(H,26,27)(H2,21,22,23,24,25). The van der Waals surface area contributed by atoms with Crippen LogP contribution in [0, 0.1) is 6.92 Å². The maximum absolute atomic E-state index is 12.3. The van der Waals surface area contributed by atoms with E-state index in [1.165, 1.54) is 18.5 Å². The van der Waals surface area contributed by atoms with Crippen molar-refractivity contribution in [2.24, 2.45) is 0 Å². The van der Waals surface area contributed by atoms with Gasteiger partial charge in [0.25, 0.3) is 5.91 Å². The van der Waals surface area contributed by atoms with Gasteiger partial charge in [0, 0.05) is 11.2 Å². The number of nitrogens with one attached hydrogen (secondary N) is 3. The number of anilines is 4. The highest BCUT2D eigenvalue weighted by molar-refractivity contribution is 6.36. The molecule has 0 saturated carbocycles. The molecule has 8 nitrogen and oxygen atoms in total. The molecule has 0 saturated heterocycles. The van der Waals surface area contributed by atoms with Gasteiger partial charge in [-0.2, -0.15) is 0 Å². The second kappa shape index (κ2) is 8.07. The fourth-order valence-electron chi connectivity index (χ4n) is 2.18. The number of nitrogen functional groups attached to an aromatic ring is 1. The van der Waals surface area contributed by atoms with Gasteiger partial charge in [0.1, 0.15) is 17.8 Å². The number of pyridine rings is 1. The van der Waals surface area contributed by atoms with Crippen LogP contribution >= 0.6 is 23.2 Å². The molecule has 0 aliphatic heterocycles. The summed E-state index contributed by atoms with van der Waals surface area (Å²) in [5.41, 5.74) is 12.6. The summed E-state index contributed by atoms with van der Waals surface area (Å²) in [4.78, 5) is 24.6. The quantitative estimate of drug-likeness (QED) is 0.480. The van der Waals surface area contributed by atoms with Crippen molar-refractivity contribution in [2.75, 3.05) is 16.5 Å². The van der Waals surface area contributed by atoms with Crippen LogP contribution in [-0.2, 0) is 0 Å². The maximum atomic E-state index is 12.3. The van der Waals surface area contributed by atoms with Gasteiger partial charge < -0.3 is 11.1 Å². The minimum Gasteiger partial charge on any atom is -0.393 e. The van der Waals surface area contributed by atoms with Crippen LogP contribution in [0.5, 0.6) is 0 Å². The third kappa shape index (κ3) is 4.36. The molecule has 0 unspecified atom stereocenters. The molecule has 3 aromatic rings. The zero-order valence-electron chi connectivity index (χ0n) is 14.1. The summed E-state index contributed by atoms with van der Waals surface area (Å²) in [6.07, 6.45) is 2.96. The zero-order chi connectivity index (χ0) is 19.4. The number of carbonyl (C=O) groups is 1.